The van der Waals surface area contributed by atoms with E-state index in [1.807, 2.05) is 12.1 Å². The van der Waals surface area contributed by atoms with E-state index in [1.54, 1.807) is 12.1 Å². The van der Waals surface area contributed by atoms with Crippen molar-refractivity contribution in [3.05, 3.63) is 41.5 Å². The van der Waals surface area contributed by atoms with Crippen LogP contribution >= 0.6 is 0 Å². The van der Waals surface area contributed by atoms with Gasteiger partial charge >= 0.3 is 0 Å². The Morgan fingerprint density at radius 1 is 1.26 bits per heavy atom. The summed E-state index contributed by atoms with van der Waals surface area (Å²) in [5.74, 6) is 1.56. The van der Waals surface area contributed by atoms with Gasteiger partial charge in [-0.05, 0) is 30.5 Å². The van der Waals surface area contributed by atoms with Crippen molar-refractivity contribution in [2.75, 3.05) is 6.61 Å². The summed E-state index contributed by atoms with van der Waals surface area (Å²) in [6, 6.07) is 7.00. The van der Waals surface area contributed by atoms with Crippen LogP contribution in [0.15, 0.2) is 28.8 Å². The van der Waals surface area contributed by atoms with Crippen molar-refractivity contribution in [2.45, 2.75) is 31.8 Å². The number of aromatic nitrogens is 2. The average molecular weight is 260 g/mol. The van der Waals surface area contributed by atoms with Gasteiger partial charge in [-0.15, -0.1) is 0 Å². The Bertz CT molecular complexity index is 530. The van der Waals surface area contributed by atoms with Crippen LogP contribution in [0.3, 0.4) is 0 Å². The smallest absolute Gasteiger partial charge is 0.231 e. The van der Waals surface area contributed by atoms with E-state index in [0.29, 0.717) is 18.1 Å². The average Bonchev–Trinajstić information content (AvgIpc) is 3.05. The molecular formula is C14H16N2O3. The van der Waals surface area contributed by atoms with E-state index in [4.69, 9.17) is 9.26 Å². The van der Waals surface area contributed by atoms with E-state index in [9.17, 15) is 5.11 Å². The molecule has 0 aliphatic carbocycles. The monoisotopic (exact) mass is 260 g/mol. The van der Waals surface area contributed by atoms with Gasteiger partial charge in [0.1, 0.15) is 5.75 Å². The lowest BCUT2D eigenvalue weighted by atomic mass is 10.1. The number of nitrogens with zero attached hydrogens (tertiary/aromatic N) is 2. The minimum atomic E-state index is 0.235. The van der Waals surface area contributed by atoms with Crippen LogP contribution < -0.4 is 0 Å². The van der Waals surface area contributed by atoms with Gasteiger partial charge in [-0.2, -0.15) is 4.98 Å². The molecule has 1 atom stereocenters. The third-order valence-electron chi connectivity index (χ3n) is 3.24. The van der Waals surface area contributed by atoms with Crippen LogP contribution in [0.2, 0.25) is 0 Å². The first-order valence-electron chi connectivity index (χ1n) is 6.50. The molecule has 1 fully saturated rings. The highest BCUT2D eigenvalue weighted by molar-refractivity contribution is 5.27. The van der Waals surface area contributed by atoms with Gasteiger partial charge in [0.2, 0.25) is 5.89 Å². The molecule has 1 aromatic carbocycles. The van der Waals surface area contributed by atoms with E-state index in [0.717, 1.165) is 31.4 Å². The first-order chi connectivity index (χ1) is 9.29. The fourth-order valence-corrected chi connectivity index (χ4v) is 2.24. The molecule has 0 saturated carbocycles. The molecule has 2 aromatic rings. The molecule has 1 aromatic heterocycles. The Balaban J connectivity index is 1.62. The predicted molar refractivity (Wildman–Crippen MR) is 67.9 cm³/mol. The first-order valence-corrected chi connectivity index (χ1v) is 6.50. The molecule has 5 heteroatoms. The summed E-state index contributed by atoms with van der Waals surface area (Å²) in [6.07, 6.45) is 3.72. The van der Waals surface area contributed by atoms with Crippen LogP contribution in [0, 0.1) is 0 Å². The van der Waals surface area contributed by atoms with E-state index < -0.39 is 0 Å². The molecule has 1 unspecified atom stereocenters. The Morgan fingerprint density at radius 2 is 2.11 bits per heavy atom. The van der Waals surface area contributed by atoms with Crippen LogP contribution in [-0.4, -0.2) is 28.0 Å². The van der Waals surface area contributed by atoms with Gasteiger partial charge in [-0.25, -0.2) is 0 Å². The molecule has 0 amide bonds. The largest absolute Gasteiger partial charge is 0.508 e. The number of aromatic hydroxyl groups is 1. The molecular weight excluding hydrogens is 244 g/mol. The third kappa shape index (κ3) is 3.12. The van der Waals surface area contributed by atoms with Gasteiger partial charge in [0.15, 0.2) is 5.82 Å². The lowest BCUT2D eigenvalue weighted by Crippen LogP contribution is -2.09. The summed E-state index contributed by atoms with van der Waals surface area (Å²) in [5.41, 5.74) is 1.03. The minimum absolute atomic E-state index is 0.235. The SMILES string of the molecule is Oc1ccc(Cc2nc(CC3CCCO3)no2)cc1. The molecule has 1 N–H and O–H groups in total. The number of hydrogen-bond acceptors (Lipinski definition) is 5. The zero-order valence-corrected chi connectivity index (χ0v) is 10.6. The van der Waals surface area contributed by atoms with Crippen LogP contribution in [0.1, 0.15) is 30.1 Å². The minimum Gasteiger partial charge on any atom is -0.508 e. The Hall–Kier alpha value is -1.88. The molecule has 1 saturated heterocycles. The number of phenolic OH excluding ortho intramolecular Hbond substituents is 1. The molecule has 2 heterocycles. The summed E-state index contributed by atoms with van der Waals surface area (Å²) in [6.45, 7) is 0.836. The summed E-state index contributed by atoms with van der Waals surface area (Å²) in [7, 11) is 0. The van der Waals surface area contributed by atoms with E-state index in [1.165, 1.54) is 0 Å². The van der Waals surface area contributed by atoms with Crippen molar-refractivity contribution < 1.29 is 14.4 Å². The van der Waals surface area contributed by atoms with E-state index in [2.05, 4.69) is 10.1 Å². The van der Waals surface area contributed by atoms with Crippen LogP contribution in [0.4, 0.5) is 0 Å². The molecule has 1 aliphatic heterocycles. The van der Waals surface area contributed by atoms with Gasteiger partial charge < -0.3 is 14.4 Å². The lowest BCUT2D eigenvalue weighted by molar-refractivity contribution is 0.109. The highest BCUT2D eigenvalue weighted by Crippen LogP contribution is 2.17. The lowest BCUT2D eigenvalue weighted by Gasteiger charge is -2.03. The molecule has 5 nitrogen and oxygen atoms in total. The fourth-order valence-electron chi connectivity index (χ4n) is 2.24. The zero-order valence-electron chi connectivity index (χ0n) is 10.6. The molecule has 3 rings (SSSR count). The van der Waals surface area contributed by atoms with Gasteiger partial charge in [0.25, 0.3) is 0 Å². The summed E-state index contributed by atoms with van der Waals surface area (Å²) in [5, 5.41) is 13.2. The van der Waals surface area contributed by atoms with Crippen molar-refractivity contribution in [2.24, 2.45) is 0 Å². The molecule has 1 aliphatic rings. The third-order valence-corrected chi connectivity index (χ3v) is 3.24. The maximum Gasteiger partial charge on any atom is 0.231 e. The molecule has 0 radical (unpaired) electrons. The predicted octanol–water partition coefficient (Wildman–Crippen LogP) is 2.09. The second-order valence-corrected chi connectivity index (χ2v) is 4.79. The molecule has 0 spiro atoms. The first kappa shape index (κ1) is 12.2. The van der Waals surface area contributed by atoms with Crippen LogP contribution in [0.5, 0.6) is 5.75 Å². The molecule has 19 heavy (non-hydrogen) atoms. The Kier molecular flexibility index (Phi) is 3.46. The molecule has 100 valence electrons. The van der Waals surface area contributed by atoms with E-state index in [-0.39, 0.29) is 11.9 Å². The summed E-state index contributed by atoms with van der Waals surface area (Å²) >= 11 is 0. The van der Waals surface area contributed by atoms with Gasteiger partial charge in [0.05, 0.1) is 12.5 Å². The van der Waals surface area contributed by atoms with E-state index >= 15 is 0 Å². The highest BCUT2D eigenvalue weighted by Gasteiger charge is 2.19. The maximum absolute atomic E-state index is 9.22. The number of hydrogen-bond donors (Lipinski definition) is 1. The zero-order chi connectivity index (χ0) is 13.1. The summed E-state index contributed by atoms with van der Waals surface area (Å²) in [4.78, 5) is 4.37. The van der Waals surface area contributed by atoms with Crippen LogP contribution in [-0.2, 0) is 17.6 Å². The van der Waals surface area contributed by atoms with Gasteiger partial charge in [-0.1, -0.05) is 17.3 Å². The Labute approximate surface area is 111 Å². The number of ether oxygens (including phenoxy) is 1. The van der Waals surface area contributed by atoms with Crippen molar-refractivity contribution in [1.29, 1.82) is 0 Å². The van der Waals surface area contributed by atoms with Crippen LogP contribution in [0.25, 0.3) is 0 Å². The van der Waals surface area contributed by atoms with Crippen molar-refractivity contribution in [3.63, 3.8) is 0 Å². The standard InChI is InChI=1S/C14H16N2O3/c17-11-5-3-10(4-6-11)8-14-15-13(16-19-14)9-12-2-1-7-18-12/h3-6,12,17H,1-2,7-9H2. The quantitative estimate of drug-likeness (QED) is 0.911. The molecule has 0 bridgehead atoms. The van der Waals surface area contributed by atoms with Gasteiger partial charge in [0, 0.05) is 13.0 Å². The maximum atomic E-state index is 9.22. The fraction of sp³-hybridized carbons (Fsp3) is 0.429. The number of phenols is 1. The normalized spacial score (nSPS) is 18.8. The van der Waals surface area contributed by atoms with Crippen molar-refractivity contribution >= 4 is 0 Å². The number of rotatable bonds is 4. The summed E-state index contributed by atoms with van der Waals surface area (Å²) < 4.78 is 10.8. The van der Waals surface area contributed by atoms with Crippen molar-refractivity contribution in [1.82, 2.24) is 10.1 Å². The topological polar surface area (TPSA) is 68.4 Å². The second-order valence-electron chi connectivity index (χ2n) is 4.79. The number of benzene rings is 1. The highest BCUT2D eigenvalue weighted by atomic mass is 16.5. The van der Waals surface area contributed by atoms with Crippen molar-refractivity contribution in [3.8, 4) is 5.75 Å². The van der Waals surface area contributed by atoms with Gasteiger partial charge in [-0.3, -0.25) is 0 Å². The second kappa shape index (κ2) is 5.40. The Morgan fingerprint density at radius 3 is 2.84 bits per heavy atom.